The van der Waals surface area contributed by atoms with Gasteiger partial charge in [0, 0.05) is 44.7 Å². The quantitative estimate of drug-likeness (QED) is 0.0260. The molecule has 1 aromatic carbocycles. The Hall–Kier alpha value is -4.75. The number of amides is 8. The van der Waals surface area contributed by atoms with Gasteiger partial charge >= 0.3 is 29.6 Å². The number of nitrogens with zero attached hydrogens (tertiary/aromatic N) is 2. The van der Waals surface area contributed by atoms with E-state index in [9.17, 15) is 87.6 Å². The zero-order valence-electron chi connectivity index (χ0n) is 45.0. The minimum absolute atomic E-state index is 0. The van der Waals surface area contributed by atoms with Crippen molar-refractivity contribution in [1.82, 2.24) is 36.4 Å². The Labute approximate surface area is 482 Å². The van der Waals surface area contributed by atoms with Gasteiger partial charge < -0.3 is 95.6 Å². The van der Waals surface area contributed by atoms with Crippen molar-refractivity contribution in [2.75, 3.05) is 19.7 Å². The molecule has 3 fully saturated rings. The maximum Gasteiger partial charge on any atom is 1.00 e. The largest absolute Gasteiger partial charge is 1.00 e. The zero-order chi connectivity index (χ0) is 57.8. The fourth-order valence-electron chi connectivity index (χ4n) is 9.85. The van der Waals surface area contributed by atoms with Crippen LogP contribution in [0, 0.1) is 5.92 Å². The third kappa shape index (κ3) is 20.9. The molecule has 8 amide bonds. The molecule has 0 bridgehead atoms. The predicted octanol–water partition coefficient (Wildman–Crippen LogP) is -6.08. The Kier molecular flexibility index (Phi) is 29.4. The number of phenols is 1. The van der Waals surface area contributed by atoms with E-state index in [1.807, 2.05) is 0 Å². The fourth-order valence-corrected chi connectivity index (χ4v) is 10.1. The number of aliphatic hydroxyl groups is 7. The molecule has 27 nitrogen and oxygen atoms in total. The molecule has 440 valence electrons. The summed E-state index contributed by atoms with van der Waals surface area (Å²) < 4.78 is 27.2. The van der Waals surface area contributed by atoms with E-state index >= 15 is 0 Å². The molecule has 0 aliphatic carbocycles. The third-order valence-electron chi connectivity index (χ3n) is 14.2. The van der Waals surface area contributed by atoms with Crippen molar-refractivity contribution in [2.24, 2.45) is 11.7 Å². The number of benzene rings is 1. The Bertz CT molecular complexity index is 2290. The number of nitrogens with one attached hydrogen (secondary N) is 5. The van der Waals surface area contributed by atoms with Crippen molar-refractivity contribution in [3.05, 3.63) is 23.8 Å². The van der Waals surface area contributed by atoms with Crippen molar-refractivity contribution in [3.63, 3.8) is 0 Å². The Balaban J connectivity index is 0.0000164. The maximum absolute atomic E-state index is 14.5. The molecule has 1 aromatic rings. The molecule has 29 heteroatoms. The Morgan fingerprint density at radius 2 is 1.35 bits per heavy atom. The molecule has 0 saturated carbocycles. The van der Waals surface area contributed by atoms with Crippen LogP contribution < -0.4 is 66.1 Å². The summed E-state index contributed by atoms with van der Waals surface area (Å²) in [7, 11) is -3.19. The van der Waals surface area contributed by atoms with Crippen LogP contribution in [0.1, 0.15) is 129 Å². The summed E-state index contributed by atoms with van der Waals surface area (Å²) in [6, 6.07) is -8.77. The van der Waals surface area contributed by atoms with Crippen LogP contribution in [0.4, 0.5) is 0 Å². The molecule has 0 aromatic heterocycles. The number of nitrogens with two attached hydrogens (primary N) is 1. The van der Waals surface area contributed by atoms with E-state index in [0.717, 1.165) is 49.1 Å². The van der Waals surface area contributed by atoms with E-state index in [0.29, 0.717) is 17.7 Å². The first-order chi connectivity index (χ1) is 37.0. The monoisotopic (exact) mass is 1150 g/mol. The first-order valence-corrected chi connectivity index (χ1v) is 27.7. The number of unbranched alkanes of at least 4 members (excludes halogenated alkanes) is 12. The van der Waals surface area contributed by atoms with Gasteiger partial charge in [0.1, 0.15) is 59.1 Å². The number of aliphatic hydroxyl groups excluding tert-OH is 7. The van der Waals surface area contributed by atoms with Gasteiger partial charge in [0.2, 0.25) is 47.3 Å². The Morgan fingerprint density at radius 3 is 1.94 bits per heavy atom. The number of carbonyl (C=O) groups excluding carboxylic acids is 8. The predicted molar refractivity (Wildman–Crippen MR) is 274 cm³/mol. The SMILES string of the molecule is CCCCCCCCCCCCCCCC(=O)NC1CC(O)C(O)NC(=O)C2C(O)C(C)CN2C(=O)C(C(O)CC(N)=O)NC(=O)C(C(O)Cc2ccc(O)c(O[S-](=O)=O)c2)NC(=O)C2CC(O)CN2C(=O)C(CO)NC1=O.[Na+]. The number of carbonyl (C=O) groups is 8. The van der Waals surface area contributed by atoms with Gasteiger partial charge in [-0.15, -0.1) is 0 Å². The second kappa shape index (κ2) is 33.9. The number of primary amides is 1. The van der Waals surface area contributed by atoms with Crippen LogP contribution in [0.25, 0.3) is 0 Å². The van der Waals surface area contributed by atoms with E-state index in [4.69, 9.17) is 5.73 Å². The second-order valence-electron chi connectivity index (χ2n) is 20.5. The van der Waals surface area contributed by atoms with Crippen LogP contribution in [0.5, 0.6) is 11.5 Å². The smallest absolute Gasteiger partial charge is 0.530 e. The molecule has 79 heavy (non-hydrogen) atoms. The van der Waals surface area contributed by atoms with Crippen LogP contribution in [0.3, 0.4) is 0 Å². The van der Waals surface area contributed by atoms with Crippen molar-refractivity contribution in [3.8, 4) is 11.5 Å². The summed E-state index contributed by atoms with van der Waals surface area (Å²) in [6.45, 7) is 1.38. The third-order valence-corrected chi connectivity index (χ3v) is 14.5. The van der Waals surface area contributed by atoms with Crippen LogP contribution >= 0.6 is 0 Å². The number of hydrogen-bond acceptors (Lipinski definition) is 20. The first-order valence-electron chi connectivity index (χ1n) is 26.7. The number of rotatable bonds is 24. The van der Waals surface area contributed by atoms with Crippen molar-refractivity contribution in [2.45, 2.75) is 202 Å². The van der Waals surface area contributed by atoms with Gasteiger partial charge in [-0.25, -0.2) is 0 Å². The van der Waals surface area contributed by atoms with Crippen molar-refractivity contribution in [1.29, 1.82) is 0 Å². The summed E-state index contributed by atoms with van der Waals surface area (Å²) in [5, 5.41) is 99.4. The van der Waals surface area contributed by atoms with Crippen LogP contribution in [-0.4, -0.2) is 191 Å². The van der Waals surface area contributed by atoms with E-state index in [2.05, 4.69) is 37.7 Å². The topological polar surface area (TPSA) is 434 Å². The summed E-state index contributed by atoms with van der Waals surface area (Å²) in [4.78, 5) is 112. The molecule has 3 heterocycles. The second-order valence-corrected chi connectivity index (χ2v) is 21.1. The normalized spacial score (nSPS) is 27.3. The standard InChI is InChI=1S/C50H79N8O19S.Na/c1-3-4-5-6-7-8-9-10-11-12-13-14-15-16-39(66)52-30-22-36(64)46(70)56-48(72)42-43(67)27(2)24-58(42)50(74)41(35(63)23-38(51)65)55-47(71)40(34(62)19-28-17-18-33(61)37(20-28)77-78(75)76)54-45(69)32-21-29(60)25-57(32)49(73)31(26-59)53-44(30)68;/h17-18,20,27,29-32,34-36,40-43,46,59-64,67,70H,3-16,19,21-26H2,1-2H3,(H2,51,65)(H,52,66)(H,53,68)(H,54,69)(H,55,71)(H,56,72);/q-1;+1. The molecule has 3 aliphatic rings. The minimum atomic E-state index is -3.19. The van der Waals surface area contributed by atoms with Gasteiger partial charge in [0.25, 0.3) is 0 Å². The molecule has 0 spiro atoms. The number of aromatic hydroxyl groups is 1. The van der Waals surface area contributed by atoms with E-state index in [1.54, 1.807) is 0 Å². The molecule has 4 rings (SSSR count). The molecular formula is C50H79N8NaO19S. The molecule has 0 radical (unpaired) electrons. The average molecular weight is 1150 g/mol. The fraction of sp³-hybridized carbons (Fsp3) is 0.720. The van der Waals surface area contributed by atoms with Gasteiger partial charge in [-0.05, 0) is 24.1 Å². The maximum atomic E-state index is 14.5. The number of fused-ring (bicyclic) bond motifs is 2. The molecule has 3 saturated heterocycles. The van der Waals surface area contributed by atoms with E-state index in [-0.39, 0.29) is 41.5 Å². The molecule has 13 atom stereocenters. The number of hydrogen-bond donors (Lipinski definition) is 14. The molecule has 13 unspecified atom stereocenters. The summed E-state index contributed by atoms with van der Waals surface area (Å²) in [5.41, 5.74) is 5.32. The average Bonchev–Trinajstić information content (AvgIpc) is 3.95. The van der Waals surface area contributed by atoms with E-state index in [1.165, 1.54) is 51.5 Å². The first kappa shape index (κ1) is 68.5. The van der Waals surface area contributed by atoms with Gasteiger partial charge in [-0.2, -0.15) is 0 Å². The molecule has 15 N–H and O–H groups in total. The van der Waals surface area contributed by atoms with E-state index < -0.39 is 194 Å². The molecule has 3 aliphatic heterocycles. The molecular weight excluding hydrogens is 1070 g/mol. The minimum Gasteiger partial charge on any atom is -0.530 e. The summed E-state index contributed by atoms with van der Waals surface area (Å²) in [5.74, 6) is -11.8. The van der Waals surface area contributed by atoms with Crippen LogP contribution in [-0.2, 0) is 64.2 Å². The van der Waals surface area contributed by atoms with Gasteiger partial charge in [-0.3, -0.25) is 38.4 Å². The van der Waals surface area contributed by atoms with Gasteiger partial charge in [-0.1, -0.05) is 97.0 Å². The van der Waals surface area contributed by atoms with Crippen LogP contribution in [0.15, 0.2) is 18.2 Å². The van der Waals surface area contributed by atoms with Crippen LogP contribution in [0.2, 0.25) is 0 Å². The summed E-state index contributed by atoms with van der Waals surface area (Å²) >= 11 is 0. The Morgan fingerprint density at radius 1 is 0.759 bits per heavy atom. The number of phenolic OH excluding ortho intramolecular Hbond substituents is 1. The van der Waals surface area contributed by atoms with Gasteiger partial charge in [0.15, 0.2) is 12.0 Å². The van der Waals surface area contributed by atoms with Crippen molar-refractivity contribution < 1.29 is 121 Å². The van der Waals surface area contributed by atoms with Gasteiger partial charge in [0.05, 0.1) is 37.4 Å². The summed E-state index contributed by atoms with van der Waals surface area (Å²) in [6.07, 6.45) is -1.52. The zero-order valence-corrected chi connectivity index (χ0v) is 47.9. The van der Waals surface area contributed by atoms with Crippen molar-refractivity contribution >= 4 is 58.2 Å².